The SMILES string of the molecule is Cc1nn(C)cc1S(=O)(=O)NC(=O)c1ccc(-n2ccc(OCC(C)(C)C(F)(F)F)n2)nc1N1C[C@@H](C)CC1C. The normalized spacial score (nSPS) is 18.3. The van der Waals surface area contributed by atoms with E-state index in [9.17, 15) is 26.4 Å². The van der Waals surface area contributed by atoms with Gasteiger partial charge in [-0.3, -0.25) is 9.48 Å². The molecule has 218 valence electrons. The van der Waals surface area contributed by atoms with E-state index in [0.717, 1.165) is 20.3 Å². The summed E-state index contributed by atoms with van der Waals surface area (Å²) in [5.41, 5.74) is -1.78. The summed E-state index contributed by atoms with van der Waals surface area (Å²) in [4.78, 5) is 19.8. The van der Waals surface area contributed by atoms with Crippen molar-refractivity contribution in [2.24, 2.45) is 18.4 Å². The van der Waals surface area contributed by atoms with E-state index in [4.69, 9.17) is 4.74 Å². The molecule has 1 fully saturated rings. The molecule has 1 aliphatic heterocycles. The summed E-state index contributed by atoms with van der Waals surface area (Å²) in [7, 11) is -2.64. The Hall–Kier alpha value is -3.62. The molecule has 1 aliphatic rings. The lowest BCUT2D eigenvalue weighted by molar-refractivity contribution is -0.219. The van der Waals surface area contributed by atoms with E-state index in [0.29, 0.717) is 12.5 Å². The zero-order valence-corrected chi connectivity index (χ0v) is 23.8. The van der Waals surface area contributed by atoms with E-state index in [-0.39, 0.29) is 39.7 Å². The highest BCUT2D eigenvalue weighted by molar-refractivity contribution is 7.90. The van der Waals surface area contributed by atoms with Gasteiger partial charge in [-0.15, -0.1) is 5.10 Å². The second-order valence-electron chi connectivity index (χ2n) is 10.8. The molecule has 1 N–H and O–H groups in total. The van der Waals surface area contributed by atoms with Crippen LogP contribution in [0.3, 0.4) is 0 Å². The minimum absolute atomic E-state index is 0.0163. The first-order valence-corrected chi connectivity index (χ1v) is 14.1. The summed E-state index contributed by atoms with van der Waals surface area (Å²) in [6.07, 6.45) is -0.817. The zero-order valence-electron chi connectivity index (χ0n) is 23.0. The Kier molecular flexibility index (Phi) is 7.64. The van der Waals surface area contributed by atoms with Crippen LogP contribution in [0, 0.1) is 18.3 Å². The first kappa shape index (κ1) is 29.4. The predicted molar refractivity (Wildman–Crippen MR) is 140 cm³/mol. The number of alkyl halides is 3. The van der Waals surface area contributed by atoms with E-state index in [1.54, 1.807) is 7.05 Å². The number of rotatable bonds is 8. The number of nitrogens with zero attached hydrogens (tertiary/aromatic N) is 6. The summed E-state index contributed by atoms with van der Waals surface area (Å²) in [5, 5.41) is 8.23. The quantitative estimate of drug-likeness (QED) is 0.427. The van der Waals surface area contributed by atoms with Crippen LogP contribution in [0.5, 0.6) is 5.88 Å². The Morgan fingerprint density at radius 2 is 1.88 bits per heavy atom. The number of carbonyl (C=O) groups excluding carboxylic acids is 1. The van der Waals surface area contributed by atoms with Gasteiger partial charge < -0.3 is 9.64 Å². The van der Waals surface area contributed by atoms with Crippen molar-refractivity contribution in [2.75, 3.05) is 18.1 Å². The third-order valence-corrected chi connectivity index (χ3v) is 8.23. The fourth-order valence-corrected chi connectivity index (χ4v) is 5.66. The monoisotopic (exact) mass is 583 g/mol. The minimum Gasteiger partial charge on any atom is -0.476 e. The van der Waals surface area contributed by atoms with Gasteiger partial charge in [0.25, 0.3) is 15.9 Å². The van der Waals surface area contributed by atoms with Crippen LogP contribution in [0.15, 0.2) is 35.5 Å². The number of aromatic nitrogens is 5. The van der Waals surface area contributed by atoms with E-state index in [2.05, 4.69) is 26.8 Å². The molecule has 11 nitrogen and oxygen atoms in total. The Bertz CT molecular complexity index is 1510. The molecule has 0 radical (unpaired) electrons. The standard InChI is InChI=1S/C25H32F3N7O4S/c1-15-11-16(2)34(12-15)22-18(23(36)32-40(37,38)19-13-33(6)30-17(19)3)7-8-20(29-22)35-10-9-21(31-35)39-14-24(4,5)25(26,27)28/h7-10,13,15-16H,11-12,14H2,1-6H3,(H,32,36)/t15-,16?/m0/s1. The van der Waals surface area contributed by atoms with Crippen molar-refractivity contribution in [3.8, 4) is 11.7 Å². The predicted octanol–water partition coefficient (Wildman–Crippen LogP) is 3.63. The third-order valence-electron chi connectivity index (χ3n) is 6.79. The van der Waals surface area contributed by atoms with Gasteiger partial charge in [0.05, 0.1) is 16.7 Å². The van der Waals surface area contributed by atoms with Gasteiger partial charge in [0, 0.05) is 38.1 Å². The molecule has 1 amide bonds. The van der Waals surface area contributed by atoms with Gasteiger partial charge in [0.1, 0.15) is 17.3 Å². The van der Waals surface area contributed by atoms with Crippen LogP contribution >= 0.6 is 0 Å². The fourth-order valence-electron chi connectivity index (χ4n) is 4.48. The zero-order chi connectivity index (χ0) is 29.6. The van der Waals surface area contributed by atoms with Gasteiger partial charge in [-0.25, -0.2) is 22.8 Å². The van der Waals surface area contributed by atoms with E-state index < -0.39 is 34.1 Å². The van der Waals surface area contributed by atoms with Gasteiger partial charge in [-0.2, -0.15) is 18.3 Å². The van der Waals surface area contributed by atoms with Crippen LogP contribution in [0.1, 0.15) is 50.2 Å². The van der Waals surface area contributed by atoms with Gasteiger partial charge >= 0.3 is 6.18 Å². The first-order valence-electron chi connectivity index (χ1n) is 12.6. The molecule has 3 aromatic rings. The average molecular weight is 584 g/mol. The number of hydrogen-bond acceptors (Lipinski definition) is 8. The number of ether oxygens (including phenoxy) is 1. The van der Waals surface area contributed by atoms with Crippen molar-refractivity contribution >= 4 is 21.7 Å². The van der Waals surface area contributed by atoms with E-state index in [1.165, 1.54) is 46.9 Å². The highest BCUT2D eigenvalue weighted by atomic mass is 32.2. The molecule has 0 spiro atoms. The van der Waals surface area contributed by atoms with Crippen LogP contribution in [0.2, 0.25) is 0 Å². The number of aryl methyl sites for hydroxylation is 2. The second-order valence-corrected chi connectivity index (χ2v) is 12.5. The molecule has 0 saturated carbocycles. The van der Waals surface area contributed by atoms with Crippen molar-refractivity contribution in [1.29, 1.82) is 0 Å². The minimum atomic E-state index is -4.45. The van der Waals surface area contributed by atoms with Crippen molar-refractivity contribution in [1.82, 2.24) is 29.3 Å². The lowest BCUT2D eigenvalue weighted by Crippen LogP contribution is -2.37. The van der Waals surface area contributed by atoms with Crippen LogP contribution in [0.25, 0.3) is 5.82 Å². The molecular weight excluding hydrogens is 551 g/mol. The number of carbonyl (C=O) groups is 1. The number of halogens is 3. The molecule has 3 aromatic heterocycles. The van der Waals surface area contributed by atoms with Crippen LogP contribution in [-0.4, -0.2) is 64.2 Å². The molecule has 0 aliphatic carbocycles. The van der Waals surface area contributed by atoms with Crippen LogP contribution < -0.4 is 14.4 Å². The van der Waals surface area contributed by atoms with Gasteiger partial charge in [0.2, 0.25) is 5.88 Å². The van der Waals surface area contributed by atoms with Crippen LogP contribution in [-0.2, 0) is 17.1 Å². The molecule has 1 saturated heterocycles. The number of anilines is 1. The Balaban J connectivity index is 1.64. The van der Waals surface area contributed by atoms with Gasteiger partial charge in [-0.1, -0.05) is 6.92 Å². The van der Waals surface area contributed by atoms with Crippen LogP contribution in [0.4, 0.5) is 19.0 Å². The summed E-state index contributed by atoms with van der Waals surface area (Å²) < 4.78 is 75.6. The summed E-state index contributed by atoms with van der Waals surface area (Å²) in [6.45, 7) is 7.62. The number of sulfonamides is 1. The van der Waals surface area contributed by atoms with Crippen molar-refractivity contribution < 1.29 is 31.1 Å². The number of amides is 1. The molecule has 1 unspecified atom stereocenters. The Morgan fingerprint density at radius 1 is 1.18 bits per heavy atom. The lowest BCUT2D eigenvalue weighted by Gasteiger charge is -2.26. The first-order chi connectivity index (χ1) is 18.5. The van der Waals surface area contributed by atoms with Gasteiger partial charge in [0.15, 0.2) is 5.82 Å². The smallest absolute Gasteiger partial charge is 0.397 e. The Labute approximate surface area is 230 Å². The average Bonchev–Trinajstić information content (AvgIpc) is 3.54. The van der Waals surface area contributed by atoms with Crippen molar-refractivity contribution in [3.63, 3.8) is 0 Å². The highest BCUT2D eigenvalue weighted by Gasteiger charge is 2.48. The van der Waals surface area contributed by atoms with E-state index in [1.807, 2.05) is 11.8 Å². The third kappa shape index (κ3) is 5.93. The maximum Gasteiger partial charge on any atom is 0.397 e. The topological polar surface area (TPSA) is 124 Å². The van der Waals surface area contributed by atoms with Crippen molar-refractivity contribution in [2.45, 2.75) is 58.2 Å². The molecule has 40 heavy (non-hydrogen) atoms. The molecule has 4 heterocycles. The maximum atomic E-state index is 13.3. The van der Waals surface area contributed by atoms with Crippen molar-refractivity contribution in [3.05, 3.63) is 41.9 Å². The lowest BCUT2D eigenvalue weighted by atomic mass is 9.94. The number of nitrogens with one attached hydrogen (secondary N) is 1. The fraction of sp³-hybridized carbons (Fsp3) is 0.520. The Morgan fingerprint density at radius 3 is 2.45 bits per heavy atom. The molecule has 0 bridgehead atoms. The molecular formula is C25H32F3N7O4S. The summed E-state index contributed by atoms with van der Waals surface area (Å²) >= 11 is 0. The van der Waals surface area contributed by atoms with Gasteiger partial charge in [-0.05, 0) is 52.2 Å². The summed E-state index contributed by atoms with van der Waals surface area (Å²) in [6, 6.07) is 4.35. The number of hydrogen-bond donors (Lipinski definition) is 1. The largest absolute Gasteiger partial charge is 0.476 e. The highest BCUT2D eigenvalue weighted by Crippen LogP contribution is 2.37. The van der Waals surface area contributed by atoms with E-state index >= 15 is 0 Å². The molecule has 2 atom stereocenters. The second kappa shape index (κ2) is 10.4. The molecule has 4 rings (SSSR count). The molecule has 0 aromatic carbocycles. The summed E-state index contributed by atoms with van der Waals surface area (Å²) in [5.74, 6) is -0.0401. The number of pyridine rings is 1. The molecule has 15 heteroatoms. The maximum absolute atomic E-state index is 13.3.